The minimum Gasteiger partial charge on any atom is -0.377 e. The van der Waals surface area contributed by atoms with Crippen LogP contribution in [0.5, 0.6) is 0 Å². The molecule has 4 rings (SSSR count). The molecule has 1 aromatic carbocycles. The molecule has 8 heteroatoms. The van der Waals surface area contributed by atoms with Gasteiger partial charge in [0.05, 0.1) is 19.8 Å². The summed E-state index contributed by atoms with van der Waals surface area (Å²) in [6.45, 7) is 3.40. The molecule has 2 aliphatic rings. The molecule has 3 heterocycles. The van der Waals surface area contributed by atoms with Gasteiger partial charge in [-0.1, -0.05) is 18.2 Å². The second-order valence-electron chi connectivity index (χ2n) is 6.96. The van der Waals surface area contributed by atoms with E-state index in [1.54, 1.807) is 14.2 Å². The third-order valence-corrected chi connectivity index (χ3v) is 4.99. The second-order valence-corrected chi connectivity index (χ2v) is 6.96. The monoisotopic (exact) mass is 370 g/mol. The second kappa shape index (κ2) is 8.06. The van der Waals surface area contributed by atoms with E-state index in [1.165, 1.54) is 16.7 Å². The Bertz CT molecular complexity index is 832. The fraction of sp³-hybridized carbons (Fsp3) is 0.526. The zero-order chi connectivity index (χ0) is 18.6. The number of aryl methyl sites for hydroxylation is 1. The molecule has 0 radical (unpaired) electrons. The number of ether oxygens (including phenoxy) is 2. The Morgan fingerprint density at radius 1 is 1.37 bits per heavy atom. The molecule has 8 nitrogen and oxygen atoms in total. The van der Waals surface area contributed by atoms with Gasteiger partial charge in [0.1, 0.15) is 12.4 Å². The molecule has 0 fully saturated rings. The number of hydrogen-bond acceptors (Lipinski definition) is 5. The van der Waals surface area contributed by atoms with Crippen LogP contribution in [0, 0.1) is 0 Å². The summed E-state index contributed by atoms with van der Waals surface area (Å²) in [7, 11) is 3.46. The zero-order valence-electron chi connectivity index (χ0n) is 15.9. The number of guanidine groups is 1. The molecule has 0 amide bonds. The molecule has 2 N–H and O–H groups in total. The molecule has 1 unspecified atom stereocenters. The van der Waals surface area contributed by atoms with Crippen LogP contribution in [-0.2, 0) is 48.8 Å². The van der Waals surface area contributed by atoms with Gasteiger partial charge in [0.15, 0.2) is 11.8 Å². The number of nitrogens with zero attached hydrogens (tertiary/aromatic N) is 4. The van der Waals surface area contributed by atoms with Gasteiger partial charge in [-0.05, 0) is 23.1 Å². The number of nitrogens with one attached hydrogen (secondary N) is 2. The van der Waals surface area contributed by atoms with E-state index in [4.69, 9.17) is 9.47 Å². The van der Waals surface area contributed by atoms with Gasteiger partial charge in [-0.3, -0.25) is 4.99 Å². The van der Waals surface area contributed by atoms with Crippen LogP contribution in [0.15, 0.2) is 23.2 Å². The maximum Gasteiger partial charge on any atom is 0.191 e. The van der Waals surface area contributed by atoms with Crippen LogP contribution in [0.3, 0.4) is 0 Å². The predicted molar refractivity (Wildman–Crippen MR) is 101 cm³/mol. The van der Waals surface area contributed by atoms with E-state index in [0.717, 1.165) is 50.1 Å². The average Bonchev–Trinajstić information content (AvgIpc) is 3.30. The molecule has 144 valence electrons. The highest BCUT2D eigenvalue weighted by atomic mass is 16.5. The summed E-state index contributed by atoms with van der Waals surface area (Å²) in [6, 6.07) is 6.78. The summed E-state index contributed by atoms with van der Waals surface area (Å²) in [5, 5.41) is 11.4. The largest absolute Gasteiger partial charge is 0.377 e. The van der Waals surface area contributed by atoms with Crippen molar-refractivity contribution >= 4 is 5.96 Å². The average molecular weight is 370 g/mol. The van der Waals surface area contributed by atoms with Crippen LogP contribution >= 0.6 is 0 Å². The molecule has 27 heavy (non-hydrogen) atoms. The van der Waals surface area contributed by atoms with Crippen molar-refractivity contribution in [3.63, 3.8) is 0 Å². The van der Waals surface area contributed by atoms with Gasteiger partial charge in [0, 0.05) is 33.2 Å². The van der Waals surface area contributed by atoms with Gasteiger partial charge in [0.25, 0.3) is 0 Å². The highest BCUT2D eigenvalue weighted by Gasteiger charge is 2.22. The van der Waals surface area contributed by atoms with Crippen LogP contribution in [0.25, 0.3) is 0 Å². The first-order valence-corrected chi connectivity index (χ1v) is 9.32. The van der Waals surface area contributed by atoms with Crippen LogP contribution in [0.1, 0.15) is 34.8 Å². The highest BCUT2D eigenvalue weighted by Crippen LogP contribution is 2.20. The predicted octanol–water partition coefficient (Wildman–Crippen LogP) is 1.13. The molecule has 1 aromatic heterocycles. The first kappa shape index (κ1) is 17.9. The minimum atomic E-state index is 0.272. The van der Waals surface area contributed by atoms with Crippen molar-refractivity contribution in [3.8, 4) is 0 Å². The molecular formula is C19H26N6O2. The van der Waals surface area contributed by atoms with E-state index in [1.807, 2.05) is 4.68 Å². The Balaban J connectivity index is 1.32. The molecule has 0 saturated carbocycles. The van der Waals surface area contributed by atoms with E-state index >= 15 is 0 Å². The summed E-state index contributed by atoms with van der Waals surface area (Å²) in [5.74, 6) is 2.58. The lowest BCUT2D eigenvalue weighted by atomic mass is 10.1. The van der Waals surface area contributed by atoms with E-state index in [9.17, 15) is 0 Å². The Morgan fingerprint density at radius 3 is 3.11 bits per heavy atom. The topological polar surface area (TPSA) is 85.6 Å². The molecule has 0 spiro atoms. The maximum atomic E-state index is 5.49. The van der Waals surface area contributed by atoms with Crippen molar-refractivity contribution in [1.82, 2.24) is 25.4 Å². The first-order chi connectivity index (χ1) is 13.2. The van der Waals surface area contributed by atoms with Crippen molar-refractivity contribution in [1.29, 1.82) is 0 Å². The van der Waals surface area contributed by atoms with Crippen LogP contribution in [0.4, 0.5) is 0 Å². The van der Waals surface area contributed by atoms with Crippen LogP contribution in [-0.4, -0.2) is 40.9 Å². The Morgan fingerprint density at radius 2 is 2.26 bits per heavy atom. The van der Waals surface area contributed by atoms with E-state index < -0.39 is 0 Å². The van der Waals surface area contributed by atoms with Gasteiger partial charge in [-0.2, -0.15) is 5.10 Å². The van der Waals surface area contributed by atoms with Crippen molar-refractivity contribution in [2.24, 2.45) is 4.99 Å². The molecule has 2 aliphatic heterocycles. The summed E-state index contributed by atoms with van der Waals surface area (Å²) >= 11 is 0. The Labute approximate surface area is 159 Å². The molecule has 1 atom stereocenters. The van der Waals surface area contributed by atoms with Gasteiger partial charge in [0.2, 0.25) is 0 Å². The number of methoxy groups -OCH3 is 1. The van der Waals surface area contributed by atoms with E-state index in [2.05, 4.69) is 43.9 Å². The lowest BCUT2D eigenvalue weighted by Gasteiger charge is -2.25. The standard InChI is InChI=1S/C19H26N6O2/c1-20-19(21-8-13-3-4-14-10-27-11-15(14)7-13)22-16-5-6-18-23-17(12-26-2)24-25(18)9-16/h3-4,7,16H,5-6,8-12H2,1-2H3,(H2,20,21,22). The quantitative estimate of drug-likeness (QED) is 0.606. The SMILES string of the molecule is CN=C(NCc1ccc2c(c1)COC2)NC1CCc2nc(COC)nn2C1. The number of fused-ring (bicyclic) bond motifs is 2. The number of aliphatic imine (C=N–C) groups is 1. The molecule has 0 bridgehead atoms. The number of aromatic nitrogens is 3. The summed E-state index contributed by atoms with van der Waals surface area (Å²) in [6.07, 6.45) is 1.90. The Hall–Kier alpha value is -2.45. The normalized spacial score (nSPS) is 18.9. The molecule has 0 aliphatic carbocycles. The van der Waals surface area contributed by atoms with Crippen LogP contribution < -0.4 is 10.6 Å². The molecular weight excluding hydrogens is 344 g/mol. The fourth-order valence-electron chi connectivity index (χ4n) is 3.58. The van der Waals surface area contributed by atoms with Crippen molar-refractivity contribution in [2.45, 2.75) is 51.8 Å². The van der Waals surface area contributed by atoms with Gasteiger partial charge >= 0.3 is 0 Å². The minimum absolute atomic E-state index is 0.272. The van der Waals surface area contributed by atoms with Crippen LogP contribution in [0.2, 0.25) is 0 Å². The van der Waals surface area contributed by atoms with Crippen molar-refractivity contribution < 1.29 is 9.47 Å². The lowest BCUT2D eigenvalue weighted by Crippen LogP contribution is -2.46. The number of rotatable bonds is 5. The summed E-state index contributed by atoms with van der Waals surface area (Å²) < 4.78 is 12.6. The van der Waals surface area contributed by atoms with Gasteiger partial charge in [-0.25, -0.2) is 9.67 Å². The molecule has 0 saturated heterocycles. The van der Waals surface area contributed by atoms with Gasteiger partial charge < -0.3 is 20.1 Å². The highest BCUT2D eigenvalue weighted by molar-refractivity contribution is 5.79. The third-order valence-electron chi connectivity index (χ3n) is 4.99. The Kier molecular flexibility index (Phi) is 5.35. The summed E-state index contributed by atoms with van der Waals surface area (Å²) in [5.41, 5.74) is 3.81. The van der Waals surface area contributed by atoms with E-state index in [-0.39, 0.29) is 6.04 Å². The first-order valence-electron chi connectivity index (χ1n) is 9.32. The van der Waals surface area contributed by atoms with Crippen molar-refractivity contribution in [2.75, 3.05) is 14.2 Å². The molecule has 2 aromatic rings. The summed E-state index contributed by atoms with van der Waals surface area (Å²) in [4.78, 5) is 8.89. The van der Waals surface area contributed by atoms with Gasteiger partial charge in [-0.15, -0.1) is 0 Å². The zero-order valence-corrected chi connectivity index (χ0v) is 15.9. The fourth-order valence-corrected chi connectivity index (χ4v) is 3.58. The van der Waals surface area contributed by atoms with Crippen molar-refractivity contribution in [3.05, 3.63) is 46.5 Å². The maximum absolute atomic E-state index is 5.49. The third kappa shape index (κ3) is 4.12. The smallest absolute Gasteiger partial charge is 0.191 e. The number of benzene rings is 1. The lowest BCUT2D eigenvalue weighted by molar-refractivity contribution is 0.134. The number of hydrogen-bond donors (Lipinski definition) is 2. The van der Waals surface area contributed by atoms with E-state index in [0.29, 0.717) is 13.2 Å².